The van der Waals surface area contributed by atoms with E-state index >= 15 is 0 Å². The molecule has 0 radical (unpaired) electrons. The molecule has 5 unspecified atom stereocenters. The average molecular weight is 375 g/mol. The molecule has 0 spiro atoms. The van der Waals surface area contributed by atoms with Gasteiger partial charge in [0, 0.05) is 17.4 Å². The summed E-state index contributed by atoms with van der Waals surface area (Å²) in [5.74, 6) is 1.79. The first-order chi connectivity index (χ1) is 13.7. The zero-order valence-electron chi connectivity index (χ0n) is 15.8. The van der Waals surface area contributed by atoms with E-state index in [2.05, 4.69) is 41.7 Å². The van der Waals surface area contributed by atoms with Crippen LogP contribution in [0.1, 0.15) is 36.3 Å². The van der Waals surface area contributed by atoms with Crippen LogP contribution in [0.3, 0.4) is 0 Å². The Balaban J connectivity index is 1.18. The van der Waals surface area contributed by atoms with Crippen molar-refractivity contribution in [3.05, 3.63) is 59.7 Å². The molecular weight excluding hydrogens is 350 g/mol. The number of alkyl carbamates (subject to hydrolysis) is 1. The van der Waals surface area contributed by atoms with Crippen LogP contribution in [0.5, 0.6) is 0 Å². The Hall–Kier alpha value is -2.33. The molecule has 0 aromatic heterocycles. The summed E-state index contributed by atoms with van der Waals surface area (Å²) in [7, 11) is 0. The van der Waals surface area contributed by atoms with E-state index < -0.39 is 0 Å². The van der Waals surface area contributed by atoms with Gasteiger partial charge >= 0.3 is 6.09 Å². The zero-order chi connectivity index (χ0) is 18.9. The van der Waals surface area contributed by atoms with E-state index in [4.69, 9.17) is 4.74 Å². The van der Waals surface area contributed by atoms with Crippen molar-refractivity contribution in [2.45, 2.75) is 31.2 Å². The molecule has 4 saturated carbocycles. The summed E-state index contributed by atoms with van der Waals surface area (Å²) in [6.45, 7) is 0.531. The number of aliphatic hydroxyl groups is 1. The second kappa shape index (κ2) is 5.84. The molecule has 7 rings (SSSR count). The fourth-order valence-electron chi connectivity index (χ4n) is 6.88. The maximum atomic E-state index is 12.7. The minimum atomic E-state index is -0.335. The number of ether oxygens (including phenoxy) is 1. The lowest BCUT2D eigenvalue weighted by Gasteiger charge is -2.35. The predicted molar refractivity (Wildman–Crippen MR) is 106 cm³/mol. The third kappa shape index (κ3) is 2.07. The third-order valence-corrected chi connectivity index (χ3v) is 8.10. The molecule has 5 aliphatic carbocycles. The molecule has 5 aliphatic rings. The molecule has 2 N–H and O–H groups in total. The van der Waals surface area contributed by atoms with Crippen molar-refractivity contribution in [2.24, 2.45) is 23.2 Å². The van der Waals surface area contributed by atoms with Crippen molar-refractivity contribution in [2.75, 3.05) is 13.2 Å². The molecule has 28 heavy (non-hydrogen) atoms. The Morgan fingerprint density at radius 3 is 2.36 bits per heavy atom. The highest BCUT2D eigenvalue weighted by Crippen LogP contribution is 2.75. The number of hydrogen-bond donors (Lipinski definition) is 2. The molecule has 4 bridgehead atoms. The Labute approximate surface area is 164 Å². The number of amides is 1. The number of aliphatic hydroxyl groups excluding tert-OH is 1. The van der Waals surface area contributed by atoms with E-state index in [0.717, 1.165) is 12.8 Å². The Kier molecular flexibility index (Phi) is 3.46. The van der Waals surface area contributed by atoms with Gasteiger partial charge in [0.1, 0.15) is 6.61 Å². The van der Waals surface area contributed by atoms with Crippen LogP contribution >= 0.6 is 0 Å². The molecule has 4 nitrogen and oxygen atoms in total. The summed E-state index contributed by atoms with van der Waals surface area (Å²) >= 11 is 0. The Bertz CT molecular complexity index is 905. The monoisotopic (exact) mass is 375 g/mol. The first-order valence-corrected chi connectivity index (χ1v) is 10.5. The van der Waals surface area contributed by atoms with Gasteiger partial charge in [0.05, 0.1) is 6.61 Å². The summed E-state index contributed by atoms with van der Waals surface area (Å²) in [6, 6.07) is 16.8. The molecular formula is C24H25NO3. The minimum Gasteiger partial charge on any atom is -0.449 e. The average Bonchev–Trinajstić information content (AvgIpc) is 3.17. The lowest BCUT2D eigenvalue weighted by molar-refractivity contribution is 0.0946. The number of carbonyl (C=O) groups is 1. The highest BCUT2D eigenvalue weighted by molar-refractivity contribution is 5.79. The van der Waals surface area contributed by atoms with E-state index in [1.54, 1.807) is 0 Å². The van der Waals surface area contributed by atoms with Crippen molar-refractivity contribution in [3.8, 4) is 11.1 Å². The Morgan fingerprint density at radius 2 is 1.71 bits per heavy atom. The van der Waals surface area contributed by atoms with E-state index in [9.17, 15) is 9.90 Å². The first-order valence-electron chi connectivity index (χ1n) is 10.5. The van der Waals surface area contributed by atoms with Crippen LogP contribution in [0.4, 0.5) is 4.79 Å². The van der Waals surface area contributed by atoms with Gasteiger partial charge in [0.15, 0.2) is 0 Å². The zero-order valence-corrected chi connectivity index (χ0v) is 15.8. The highest BCUT2D eigenvalue weighted by atomic mass is 16.5. The van der Waals surface area contributed by atoms with Crippen LogP contribution in [0, 0.1) is 23.2 Å². The van der Waals surface area contributed by atoms with Crippen molar-refractivity contribution >= 4 is 6.09 Å². The Morgan fingerprint density at radius 1 is 1.04 bits per heavy atom. The van der Waals surface area contributed by atoms with Crippen molar-refractivity contribution in [1.29, 1.82) is 0 Å². The van der Waals surface area contributed by atoms with Crippen LogP contribution in [-0.2, 0) is 4.74 Å². The summed E-state index contributed by atoms with van der Waals surface area (Å²) < 4.78 is 5.73. The number of hydrogen-bond acceptors (Lipinski definition) is 3. The van der Waals surface area contributed by atoms with Crippen LogP contribution in [0.2, 0.25) is 0 Å². The molecule has 0 heterocycles. The summed E-state index contributed by atoms with van der Waals surface area (Å²) in [5, 5.41) is 13.1. The number of carbonyl (C=O) groups excluding carboxylic acids is 1. The fraction of sp³-hybridized carbons (Fsp3) is 0.458. The molecule has 0 aliphatic heterocycles. The van der Waals surface area contributed by atoms with Crippen molar-refractivity contribution in [3.63, 3.8) is 0 Å². The van der Waals surface area contributed by atoms with Gasteiger partial charge in [-0.2, -0.15) is 0 Å². The summed E-state index contributed by atoms with van der Waals surface area (Å²) in [5.41, 5.74) is 4.87. The van der Waals surface area contributed by atoms with Gasteiger partial charge in [-0.05, 0) is 59.3 Å². The standard InChI is InChI=1S/C24H25NO3/c26-13-24-20-10-9-14(11-21(20)24)22(24)25-23(27)28-12-19-17-7-3-1-5-15(17)16-6-2-4-8-18(16)19/h1-8,14,19-22,26H,9-13H2,(H,25,27). The normalized spacial score (nSPS) is 33.9. The smallest absolute Gasteiger partial charge is 0.407 e. The molecule has 2 aromatic carbocycles. The minimum absolute atomic E-state index is 0.0610. The van der Waals surface area contributed by atoms with Gasteiger partial charge in [-0.3, -0.25) is 0 Å². The van der Waals surface area contributed by atoms with Gasteiger partial charge in [0.2, 0.25) is 0 Å². The predicted octanol–water partition coefficient (Wildman–Crippen LogP) is 3.93. The maximum absolute atomic E-state index is 12.7. The highest BCUT2D eigenvalue weighted by Gasteiger charge is 2.75. The topological polar surface area (TPSA) is 58.6 Å². The van der Waals surface area contributed by atoms with Gasteiger partial charge in [-0.25, -0.2) is 4.79 Å². The van der Waals surface area contributed by atoms with E-state index in [1.807, 2.05) is 12.1 Å². The van der Waals surface area contributed by atoms with E-state index in [1.165, 1.54) is 28.7 Å². The van der Waals surface area contributed by atoms with Crippen molar-refractivity contribution < 1.29 is 14.6 Å². The molecule has 5 atom stereocenters. The number of rotatable bonds is 4. The van der Waals surface area contributed by atoms with Crippen LogP contribution in [0.15, 0.2) is 48.5 Å². The number of fused-ring (bicyclic) bond motifs is 4. The van der Waals surface area contributed by atoms with Gasteiger partial charge in [-0.15, -0.1) is 0 Å². The largest absolute Gasteiger partial charge is 0.449 e. The first kappa shape index (κ1) is 16.6. The lowest BCUT2D eigenvalue weighted by Crippen LogP contribution is -2.48. The van der Waals surface area contributed by atoms with E-state index in [-0.39, 0.29) is 30.1 Å². The molecule has 144 valence electrons. The number of nitrogens with one attached hydrogen (secondary N) is 1. The molecule has 2 aromatic rings. The molecule has 4 fully saturated rings. The maximum Gasteiger partial charge on any atom is 0.407 e. The SMILES string of the molecule is O=C(NC1C2CCC3C(C2)C31CO)OCC1c2ccccc2-c2ccccc21. The van der Waals surface area contributed by atoms with E-state index in [0.29, 0.717) is 24.4 Å². The molecule has 0 saturated heterocycles. The van der Waals surface area contributed by atoms with Crippen molar-refractivity contribution in [1.82, 2.24) is 5.32 Å². The molecule has 4 heteroatoms. The number of benzene rings is 2. The third-order valence-electron chi connectivity index (χ3n) is 8.10. The van der Waals surface area contributed by atoms with Gasteiger partial charge < -0.3 is 15.2 Å². The quantitative estimate of drug-likeness (QED) is 0.851. The summed E-state index contributed by atoms with van der Waals surface area (Å²) in [4.78, 5) is 12.7. The van der Waals surface area contributed by atoms with Crippen LogP contribution < -0.4 is 5.32 Å². The second-order valence-electron chi connectivity index (χ2n) is 9.00. The lowest BCUT2D eigenvalue weighted by atomic mass is 9.77. The van der Waals surface area contributed by atoms with Gasteiger partial charge in [-0.1, -0.05) is 48.5 Å². The molecule has 1 amide bonds. The van der Waals surface area contributed by atoms with Gasteiger partial charge in [0.25, 0.3) is 0 Å². The van der Waals surface area contributed by atoms with Crippen LogP contribution in [-0.4, -0.2) is 30.5 Å². The second-order valence-corrected chi connectivity index (χ2v) is 9.00. The van der Waals surface area contributed by atoms with Crippen LogP contribution in [0.25, 0.3) is 11.1 Å². The fourth-order valence-corrected chi connectivity index (χ4v) is 6.88. The summed E-state index contributed by atoms with van der Waals surface area (Å²) in [6.07, 6.45) is 3.19.